The average molecular weight is 238 g/mol. The highest BCUT2D eigenvalue weighted by molar-refractivity contribution is 7.87. The van der Waals surface area contributed by atoms with Crippen LogP contribution in [0.2, 0.25) is 0 Å². The van der Waals surface area contributed by atoms with Gasteiger partial charge in [0, 0.05) is 20.1 Å². The van der Waals surface area contributed by atoms with Crippen LogP contribution in [0.5, 0.6) is 0 Å². The molecule has 0 aromatic carbocycles. The zero-order valence-corrected chi connectivity index (χ0v) is 9.37. The molecular formula is C7H14N2O5S. The lowest BCUT2D eigenvalue weighted by atomic mass is 10.0. The lowest BCUT2D eigenvalue weighted by molar-refractivity contribution is -0.157. The first-order valence-corrected chi connectivity index (χ1v) is 5.77. The van der Waals surface area contributed by atoms with Gasteiger partial charge in [0.15, 0.2) is 0 Å². The second kappa shape index (κ2) is 4.05. The van der Waals surface area contributed by atoms with E-state index in [-0.39, 0.29) is 13.1 Å². The normalized spacial score (nSPS) is 20.9. The molecule has 1 fully saturated rings. The summed E-state index contributed by atoms with van der Waals surface area (Å²) in [5.74, 6) is -1.06. The first-order chi connectivity index (χ1) is 6.79. The molecule has 0 aliphatic carbocycles. The molecular weight excluding hydrogens is 224 g/mol. The predicted octanol–water partition coefficient (Wildman–Crippen LogP) is -1.37. The Bertz CT molecular complexity index is 346. The molecule has 0 bridgehead atoms. The molecule has 0 radical (unpaired) electrons. The number of carboxylic acids is 1. The number of rotatable bonds is 5. The van der Waals surface area contributed by atoms with E-state index in [1.807, 2.05) is 0 Å². The Labute approximate surface area is 88.2 Å². The van der Waals surface area contributed by atoms with Crippen molar-refractivity contribution in [1.82, 2.24) is 9.03 Å². The van der Waals surface area contributed by atoms with Gasteiger partial charge in [-0.05, 0) is 6.92 Å². The van der Waals surface area contributed by atoms with E-state index >= 15 is 0 Å². The van der Waals surface area contributed by atoms with Crippen molar-refractivity contribution in [2.45, 2.75) is 12.5 Å². The highest BCUT2D eigenvalue weighted by atomic mass is 32.2. The molecule has 0 amide bonds. The molecule has 15 heavy (non-hydrogen) atoms. The van der Waals surface area contributed by atoms with Gasteiger partial charge in [0.1, 0.15) is 6.61 Å². The summed E-state index contributed by atoms with van der Waals surface area (Å²) < 4.78 is 30.9. The van der Waals surface area contributed by atoms with E-state index in [1.165, 1.54) is 11.4 Å². The van der Waals surface area contributed by atoms with Crippen LogP contribution in [0.25, 0.3) is 0 Å². The third-order valence-electron chi connectivity index (χ3n) is 2.16. The molecule has 0 saturated carbocycles. The van der Waals surface area contributed by atoms with Gasteiger partial charge in [-0.1, -0.05) is 0 Å². The van der Waals surface area contributed by atoms with Crippen LogP contribution in [-0.4, -0.2) is 56.1 Å². The fraction of sp³-hybridized carbons (Fsp3) is 0.857. The summed E-state index contributed by atoms with van der Waals surface area (Å²) in [6.45, 7) is 1.61. The Morgan fingerprint density at radius 3 is 2.53 bits per heavy atom. The van der Waals surface area contributed by atoms with Crippen LogP contribution < -0.4 is 4.72 Å². The molecule has 0 atom stereocenters. The minimum atomic E-state index is -3.42. The summed E-state index contributed by atoms with van der Waals surface area (Å²) >= 11 is 0. The summed E-state index contributed by atoms with van der Waals surface area (Å²) in [5, 5.41) is 8.40. The quantitative estimate of drug-likeness (QED) is 0.616. The molecule has 88 valence electrons. The number of carbonyl (C=O) groups is 1. The van der Waals surface area contributed by atoms with Crippen LogP contribution in [0.1, 0.15) is 6.92 Å². The third kappa shape index (κ3) is 2.88. The molecule has 8 heteroatoms. The van der Waals surface area contributed by atoms with Crippen LogP contribution in [0, 0.1) is 0 Å². The summed E-state index contributed by atoms with van der Waals surface area (Å²) in [5.41, 5.74) is -0.692. The molecule has 7 nitrogen and oxygen atoms in total. The van der Waals surface area contributed by atoms with Crippen molar-refractivity contribution in [1.29, 1.82) is 0 Å². The van der Waals surface area contributed by atoms with Gasteiger partial charge in [-0.2, -0.15) is 12.7 Å². The summed E-state index contributed by atoms with van der Waals surface area (Å²) in [6, 6.07) is 0. The van der Waals surface area contributed by atoms with E-state index < -0.39 is 28.4 Å². The lowest BCUT2D eigenvalue weighted by Crippen LogP contribution is -2.64. The molecule has 2 N–H and O–H groups in total. The first kappa shape index (κ1) is 12.4. The first-order valence-electron chi connectivity index (χ1n) is 4.33. The number of hydrogen-bond acceptors (Lipinski definition) is 4. The number of aliphatic carboxylic acids is 1. The topological polar surface area (TPSA) is 95.9 Å². The number of ether oxygens (including phenoxy) is 1. The molecule has 1 aliphatic rings. The lowest BCUT2D eigenvalue weighted by Gasteiger charge is -2.45. The number of carboxylic acid groups (broad SMARTS) is 1. The smallest absolute Gasteiger partial charge is 0.329 e. The van der Waals surface area contributed by atoms with Crippen LogP contribution in [-0.2, 0) is 19.7 Å². The van der Waals surface area contributed by atoms with Crippen molar-refractivity contribution in [2.24, 2.45) is 0 Å². The zero-order chi connectivity index (χ0) is 11.7. The average Bonchev–Trinajstić information content (AvgIpc) is 2.10. The van der Waals surface area contributed by atoms with E-state index in [0.717, 1.165) is 0 Å². The number of nitrogens with one attached hydrogen (secondary N) is 1. The van der Waals surface area contributed by atoms with Crippen LogP contribution >= 0.6 is 0 Å². The summed E-state index contributed by atoms with van der Waals surface area (Å²) in [7, 11) is -2.09. The van der Waals surface area contributed by atoms with E-state index in [9.17, 15) is 13.2 Å². The fourth-order valence-corrected chi connectivity index (χ4v) is 2.47. The minimum Gasteiger partial charge on any atom is -0.480 e. The van der Waals surface area contributed by atoms with E-state index in [1.54, 1.807) is 6.92 Å². The Hall–Kier alpha value is -0.700. The van der Waals surface area contributed by atoms with Crippen molar-refractivity contribution in [3.63, 3.8) is 0 Å². The summed E-state index contributed by atoms with van der Waals surface area (Å²) in [6.07, 6.45) is 0. The van der Waals surface area contributed by atoms with Gasteiger partial charge in [-0.15, -0.1) is 0 Å². The second-order valence-electron chi connectivity index (χ2n) is 3.61. The molecule has 1 heterocycles. The molecule has 0 unspecified atom stereocenters. The van der Waals surface area contributed by atoms with Gasteiger partial charge in [-0.3, -0.25) is 0 Å². The predicted molar refractivity (Wildman–Crippen MR) is 51.5 cm³/mol. The maximum absolute atomic E-state index is 11.3. The van der Waals surface area contributed by atoms with Gasteiger partial charge in [0.05, 0.1) is 5.60 Å². The van der Waals surface area contributed by atoms with E-state index in [2.05, 4.69) is 4.72 Å². The maximum Gasteiger partial charge on any atom is 0.329 e. The Morgan fingerprint density at radius 1 is 1.60 bits per heavy atom. The summed E-state index contributed by atoms with van der Waals surface area (Å²) in [4.78, 5) is 10.3. The van der Waals surface area contributed by atoms with Gasteiger partial charge in [-0.25, -0.2) is 9.52 Å². The molecule has 0 spiro atoms. The number of hydrogen-bond donors (Lipinski definition) is 2. The van der Waals surface area contributed by atoms with Gasteiger partial charge < -0.3 is 9.84 Å². The molecule has 0 aromatic heterocycles. The zero-order valence-electron chi connectivity index (χ0n) is 8.56. The second-order valence-corrected chi connectivity index (χ2v) is 5.48. The largest absolute Gasteiger partial charge is 0.480 e. The molecule has 1 aliphatic heterocycles. The van der Waals surface area contributed by atoms with Crippen molar-refractivity contribution < 1.29 is 23.1 Å². The Morgan fingerprint density at radius 2 is 2.13 bits per heavy atom. The number of nitrogens with zero attached hydrogens (tertiary/aromatic N) is 1. The van der Waals surface area contributed by atoms with Crippen molar-refractivity contribution in [3.8, 4) is 0 Å². The standard InChI is InChI=1S/C7H14N2O5S/c1-7(14-3-6(10)11)4-9(5-7)15(12,13)8-2/h8H,3-5H2,1-2H3,(H,10,11). The Kier molecular flexibility index (Phi) is 3.34. The van der Waals surface area contributed by atoms with Crippen molar-refractivity contribution in [2.75, 3.05) is 26.7 Å². The highest BCUT2D eigenvalue weighted by Gasteiger charge is 2.45. The monoisotopic (exact) mass is 238 g/mol. The van der Waals surface area contributed by atoms with E-state index in [4.69, 9.17) is 9.84 Å². The SMILES string of the molecule is CNS(=O)(=O)N1CC(C)(OCC(=O)O)C1. The van der Waals surface area contributed by atoms with Gasteiger partial charge in [0.2, 0.25) is 0 Å². The third-order valence-corrected chi connectivity index (χ3v) is 3.62. The van der Waals surface area contributed by atoms with Crippen LogP contribution in [0.3, 0.4) is 0 Å². The fourth-order valence-electron chi connectivity index (χ4n) is 1.33. The van der Waals surface area contributed by atoms with Crippen LogP contribution in [0.15, 0.2) is 0 Å². The molecule has 0 aromatic rings. The maximum atomic E-state index is 11.3. The van der Waals surface area contributed by atoms with E-state index in [0.29, 0.717) is 0 Å². The highest BCUT2D eigenvalue weighted by Crippen LogP contribution is 2.26. The van der Waals surface area contributed by atoms with Gasteiger partial charge in [0.25, 0.3) is 10.2 Å². The van der Waals surface area contributed by atoms with Crippen LogP contribution in [0.4, 0.5) is 0 Å². The van der Waals surface area contributed by atoms with Crippen molar-refractivity contribution >= 4 is 16.2 Å². The Balaban J connectivity index is 2.45. The molecule has 1 saturated heterocycles. The minimum absolute atomic E-state index is 0.170. The van der Waals surface area contributed by atoms with Crippen molar-refractivity contribution in [3.05, 3.63) is 0 Å². The van der Waals surface area contributed by atoms with Gasteiger partial charge >= 0.3 is 5.97 Å². The molecule has 1 rings (SSSR count).